The van der Waals surface area contributed by atoms with Crippen LogP contribution in [-0.2, 0) is 24.5 Å². The summed E-state index contributed by atoms with van der Waals surface area (Å²) in [5, 5.41) is 0. The Morgan fingerprint density at radius 1 is 0.542 bits per heavy atom. The van der Waals surface area contributed by atoms with Crippen LogP contribution in [0.2, 0.25) is 0 Å². The van der Waals surface area contributed by atoms with E-state index in [1.165, 1.54) is 24.3 Å². The maximum atomic E-state index is 14.3. The molecule has 2 aromatic heterocycles. The first kappa shape index (κ1) is 30.3. The lowest BCUT2D eigenvalue weighted by Crippen LogP contribution is -2.41. The quantitative estimate of drug-likeness (QED) is 0.189. The fourth-order valence-corrected chi connectivity index (χ4v) is 6.92. The van der Waals surface area contributed by atoms with Crippen LogP contribution in [0.25, 0.3) is 33.2 Å². The Morgan fingerprint density at radius 2 is 0.917 bits per heavy atom. The van der Waals surface area contributed by atoms with Gasteiger partial charge in [0, 0.05) is 46.6 Å². The van der Waals surface area contributed by atoms with Crippen LogP contribution < -0.4 is 0 Å². The minimum Gasteiger partial charge on any atom is -0.269 e. The molecule has 0 radical (unpaired) electrons. The lowest BCUT2D eigenvalue weighted by atomic mass is 9.64. The van der Waals surface area contributed by atoms with Gasteiger partial charge in [0.2, 0.25) is 0 Å². The smallest absolute Gasteiger partial charge is 0.269 e. The van der Waals surface area contributed by atoms with Crippen molar-refractivity contribution < 1.29 is 57.9 Å². The summed E-state index contributed by atoms with van der Waals surface area (Å²) in [6, 6.07) is 1.25. The van der Waals surface area contributed by atoms with E-state index in [9.17, 15) is 57.9 Å². The molecule has 4 heterocycles. The monoisotopic (exact) mass is 682 g/mol. The van der Waals surface area contributed by atoms with E-state index < -0.39 is 98.2 Å². The molecule has 0 bridgehead atoms. The number of fused-ring (bicyclic) bond motifs is 8. The summed E-state index contributed by atoms with van der Waals surface area (Å²) in [6.07, 6.45) is -10.8. The first-order chi connectivity index (χ1) is 22.2. The van der Waals surface area contributed by atoms with Crippen LogP contribution in [0.5, 0.6) is 0 Å². The zero-order valence-corrected chi connectivity index (χ0v) is 23.5. The molecule has 2 aromatic carbocycles. The molecule has 0 fully saturated rings. The average Bonchev–Trinajstić information content (AvgIpc) is 3.55. The molecule has 2 unspecified atom stereocenters. The third-order valence-corrected chi connectivity index (χ3v) is 8.94. The highest BCUT2D eigenvalue weighted by Gasteiger charge is 2.52. The number of alkyl halides is 11. The molecule has 4 aliphatic rings. The summed E-state index contributed by atoms with van der Waals surface area (Å²) in [5.41, 5.74) is -9.04. The Kier molecular flexibility index (Phi) is 5.59. The van der Waals surface area contributed by atoms with E-state index in [0.717, 1.165) is 10.6 Å². The predicted molar refractivity (Wildman–Crippen MR) is 144 cm³/mol. The van der Waals surface area contributed by atoms with Gasteiger partial charge in [-0.05, 0) is 24.3 Å². The number of nitrogens with zero attached hydrogens (tertiary/aromatic N) is 4. The first-order valence-electron chi connectivity index (χ1n) is 13.8. The fourth-order valence-electron chi connectivity index (χ4n) is 6.92. The van der Waals surface area contributed by atoms with Gasteiger partial charge in [0.25, 0.3) is 17.7 Å². The number of aromatic nitrogens is 4. The van der Waals surface area contributed by atoms with Gasteiger partial charge in [-0.3, -0.25) is 18.7 Å². The van der Waals surface area contributed by atoms with E-state index in [1.54, 1.807) is 0 Å². The van der Waals surface area contributed by atoms with E-state index in [2.05, 4.69) is 9.97 Å². The molecule has 8 rings (SSSR count). The van der Waals surface area contributed by atoms with Gasteiger partial charge in [-0.25, -0.2) is 18.7 Å². The molecular weight excluding hydrogens is 669 g/mol. The van der Waals surface area contributed by atoms with Gasteiger partial charge in [0.1, 0.15) is 22.7 Å². The Labute approximate surface area is 259 Å². The second-order valence-electron chi connectivity index (χ2n) is 11.8. The molecule has 2 atom stereocenters. The lowest BCUT2D eigenvalue weighted by Gasteiger charge is -2.42. The van der Waals surface area contributed by atoms with E-state index in [4.69, 9.17) is 0 Å². The van der Waals surface area contributed by atoms with Gasteiger partial charge in [0.05, 0.1) is 27.7 Å². The molecule has 0 saturated heterocycles. The summed E-state index contributed by atoms with van der Waals surface area (Å²) in [7, 11) is 0. The van der Waals surface area contributed by atoms with E-state index in [0.29, 0.717) is 17.6 Å². The fraction of sp³-hybridized carbons (Fsp3) is 0.226. The van der Waals surface area contributed by atoms with Crippen molar-refractivity contribution in [3.8, 4) is 0 Å². The van der Waals surface area contributed by atoms with Crippen LogP contribution in [0.3, 0.4) is 0 Å². The van der Waals surface area contributed by atoms with Gasteiger partial charge in [-0.1, -0.05) is 24.3 Å². The number of hydrogen-bond donors (Lipinski definition) is 0. The van der Waals surface area contributed by atoms with Crippen LogP contribution in [0.1, 0.15) is 50.4 Å². The molecule has 0 N–H and O–H groups in total. The van der Waals surface area contributed by atoms with Crippen molar-refractivity contribution >= 4 is 45.0 Å². The molecule has 2 aliphatic carbocycles. The van der Waals surface area contributed by atoms with Gasteiger partial charge in [-0.2, -0.15) is 39.5 Å². The molecule has 48 heavy (non-hydrogen) atoms. The molecule has 17 heteroatoms. The summed E-state index contributed by atoms with van der Waals surface area (Å²) < 4.78 is 155. The molecule has 0 spiro atoms. The zero-order chi connectivity index (χ0) is 34.6. The number of carbonyl (C=O) groups is 2. The number of imidazole rings is 2. The second kappa shape index (κ2) is 8.87. The molecule has 0 saturated carbocycles. The molecular formula is C31H13F11N4O2. The van der Waals surface area contributed by atoms with Crippen LogP contribution in [0, 0.1) is 11.8 Å². The summed E-state index contributed by atoms with van der Waals surface area (Å²) in [6.45, 7) is 0.390. The molecule has 246 valence electrons. The highest BCUT2D eigenvalue weighted by molar-refractivity contribution is 6.15. The van der Waals surface area contributed by atoms with Crippen molar-refractivity contribution in [1.82, 2.24) is 19.1 Å². The van der Waals surface area contributed by atoms with E-state index in [-0.39, 0.29) is 40.2 Å². The molecule has 6 nitrogen and oxygen atoms in total. The number of allylic oxidation sites excluding steroid dienone is 8. The van der Waals surface area contributed by atoms with Crippen LogP contribution in [0.15, 0.2) is 59.7 Å². The summed E-state index contributed by atoms with van der Waals surface area (Å²) >= 11 is 0. The average molecular weight is 682 g/mol. The molecule has 4 aromatic rings. The SMILES string of the molecule is CC(F)(F)c1cc(C(F)(F)F)c2nc3n(c2c1)C(=O)C1=CC=C2c4nc5c(C(F)(F)F)cc(C(F)(F)F)cc5n4C(=O)C4=CC=C3C1C42. The van der Waals surface area contributed by atoms with Crippen LogP contribution >= 0.6 is 0 Å². The number of benzene rings is 2. The summed E-state index contributed by atoms with van der Waals surface area (Å²) in [4.78, 5) is 35.8. The predicted octanol–water partition coefficient (Wildman–Crippen LogP) is 8.44. The highest BCUT2D eigenvalue weighted by atomic mass is 19.4. The van der Waals surface area contributed by atoms with Crippen molar-refractivity contribution in [2.24, 2.45) is 11.8 Å². The van der Waals surface area contributed by atoms with Crippen LogP contribution in [0.4, 0.5) is 48.3 Å². The van der Waals surface area contributed by atoms with E-state index >= 15 is 0 Å². The van der Waals surface area contributed by atoms with E-state index in [1.807, 2.05) is 0 Å². The zero-order valence-electron chi connectivity index (χ0n) is 23.5. The minimum atomic E-state index is -5.30. The Bertz CT molecular complexity index is 2170. The van der Waals surface area contributed by atoms with Crippen LogP contribution in [-0.4, -0.2) is 30.9 Å². The lowest BCUT2D eigenvalue weighted by molar-refractivity contribution is -0.142. The van der Waals surface area contributed by atoms with Crippen molar-refractivity contribution in [1.29, 1.82) is 0 Å². The highest BCUT2D eigenvalue weighted by Crippen LogP contribution is 2.55. The number of halogens is 11. The maximum absolute atomic E-state index is 14.3. The summed E-state index contributed by atoms with van der Waals surface area (Å²) in [5.74, 6) is -8.74. The van der Waals surface area contributed by atoms with Gasteiger partial charge < -0.3 is 0 Å². The maximum Gasteiger partial charge on any atom is 0.418 e. The Hall–Kier alpha value is -5.09. The van der Waals surface area contributed by atoms with Gasteiger partial charge >= 0.3 is 18.5 Å². The normalized spacial score (nSPS) is 20.7. The number of hydrogen-bond acceptors (Lipinski definition) is 4. The van der Waals surface area contributed by atoms with Gasteiger partial charge in [-0.15, -0.1) is 0 Å². The third kappa shape index (κ3) is 3.92. The molecule has 2 aliphatic heterocycles. The van der Waals surface area contributed by atoms with Crippen molar-refractivity contribution in [2.45, 2.75) is 31.4 Å². The van der Waals surface area contributed by atoms with Crippen molar-refractivity contribution in [2.75, 3.05) is 0 Å². The third-order valence-electron chi connectivity index (χ3n) is 8.94. The number of carbonyl (C=O) groups excluding carboxylic acids is 2. The topological polar surface area (TPSA) is 69.8 Å². The number of rotatable bonds is 1. The Morgan fingerprint density at radius 3 is 1.29 bits per heavy atom. The first-order valence-corrected chi connectivity index (χ1v) is 13.8. The van der Waals surface area contributed by atoms with Gasteiger partial charge in [0.15, 0.2) is 0 Å². The second-order valence-corrected chi connectivity index (χ2v) is 11.8. The molecule has 0 amide bonds. The van der Waals surface area contributed by atoms with Crippen molar-refractivity contribution in [3.63, 3.8) is 0 Å². The largest absolute Gasteiger partial charge is 0.418 e. The minimum absolute atomic E-state index is 0.0549. The van der Waals surface area contributed by atoms with Crippen molar-refractivity contribution in [3.05, 3.63) is 93.6 Å². The Balaban J connectivity index is 1.39. The standard InChI is InChI=1S/C31H13F11N4O2/c1-28(32,33)10-6-16(30(37,38)39)22-18(8-10)45-24(43-22)12-2-5-15-21-13(3-4-14(20(12)21)26(45)47)25-44-23-17(31(40,41)42)7-11(29(34,35)36)9-19(23)46(25)27(15)48/h2-9,20-21H,1H3.